The predicted octanol–water partition coefficient (Wildman–Crippen LogP) is 9.30. The second kappa shape index (κ2) is 33.2. The van der Waals surface area contributed by atoms with Crippen molar-refractivity contribution in [2.45, 2.75) is 193 Å². The second-order valence-electron chi connectivity index (χ2n) is 12.3. The lowest BCUT2D eigenvalue weighted by atomic mass is 10.0. The van der Waals surface area contributed by atoms with Crippen LogP contribution in [0.2, 0.25) is 0 Å². The van der Waals surface area contributed by atoms with Crippen LogP contribution in [0.15, 0.2) is 0 Å². The number of rotatable bonds is 32. The van der Waals surface area contributed by atoms with Gasteiger partial charge in [-0.05, 0) is 38.6 Å². The lowest BCUT2D eigenvalue weighted by molar-refractivity contribution is -0.123. The molecule has 3 amide bonds. The summed E-state index contributed by atoms with van der Waals surface area (Å²) < 4.78 is 0. The minimum Gasteiger partial charge on any atom is -0.354 e. The summed E-state index contributed by atoms with van der Waals surface area (Å²) in [5.74, 6) is -0.0652. The van der Waals surface area contributed by atoms with Gasteiger partial charge in [0.2, 0.25) is 5.91 Å². The van der Waals surface area contributed by atoms with Crippen molar-refractivity contribution in [3.05, 3.63) is 0 Å². The number of urea groups is 1. The molecule has 0 radical (unpaired) electrons. The first kappa shape index (κ1) is 39.7. The Morgan fingerprint density at radius 1 is 0.488 bits per heavy atom. The highest BCUT2D eigenvalue weighted by Crippen LogP contribution is 2.13. The summed E-state index contributed by atoms with van der Waals surface area (Å²) in [4.78, 5) is 25.2. The third-order valence-electron chi connectivity index (χ3n) is 8.21. The van der Waals surface area contributed by atoms with Crippen molar-refractivity contribution < 1.29 is 9.59 Å². The molecule has 0 aromatic carbocycles. The van der Waals surface area contributed by atoms with Crippen LogP contribution in [0, 0.1) is 0 Å². The molecule has 244 valence electrons. The van der Waals surface area contributed by atoms with E-state index < -0.39 is 6.04 Å². The van der Waals surface area contributed by atoms with Crippen LogP contribution in [0.4, 0.5) is 4.79 Å². The molecule has 0 aliphatic rings. The Kier molecular flexibility index (Phi) is 32.2. The van der Waals surface area contributed by atoms with E-state index in [0.717, 1.165) is 38.5 Å². The van der Waals surface area contributed by atoms with Gasteiger partial charge in [0, 0.05) is 13.1 Å². The van der Waals surface area contributed by atoms with Crippen molar-refractivity contribution in [1.82, 2.24) is 16.0 Å². The highest BCUT2D eigenvalue weighted by atomic mass is 16.2. The van der Waals surface area contributed by atoms with Gasteiger partial charge in [0.05, 0.1) is 0 Å². The average Bonchev–Trinajstić information content (AvgIpc) is 2.97. The zero-order chi connectivity index (χ0) is 30.1. The number of amides is 3. The number of nitrogens with one attached hydrogen (secondary N) is 3. The maximum absolute atomic E-state index is 12.8. The summed E-state index contributed by atoms with van der Waals surface area (Å²) in [6.45, 7) is 6.49. The maximum Gasteiger partial charge on any atom is 0.315 e. The van der Waals surface area contributed by atoms with Crippen molar-refractivity contribution >= 4 is 11.9 Å². The summed E-state index contributed by atoms with van der Waals surface area (Å²) in [6, 6.07) is -0.715. The van der Waals surface area contributed by atoms with Gasteiger partial charge < -0.3 is 21.7 Å². The molecule has 0 heterocycles. The van der Waals surface area contributed by atoms with Gasteiger partial charge in [-0.1, -0.05) is 155 Å². The minimum atomic E-state index is -0.485. The number of carbonyl (C=O) groups excluding carboxylic acids is 2. The van der Waals surface area contributed by atoms with E-state index in [9.17, 15) is 9.59 Å². The monoisotopic (exact) mass is 581 g/mol. The first-order valence-corrected chi connectivity index (χ1v) is 18.2. The Labute approximate surface area is 255 Å². The van der Waals surface area contributed by atoms with Gasteiger partial charge in [-0.3, -0.25) is 4.79 Å². The van der Waals surface area contributed by atoms with Gasteiger partial charge in [-0.25, -0.2) is 4.79 Å². The number of hydrogen-bond donors (Lipinski definition) is 4. The number of unbranched alkanes of at least 4 members (excludes halogenated alkanes) is 23. The van der Waals surface area contributed by atoms with Gasteiger partial charge in [-0.2, -0.15) is 0 Å². The van der Waals surface area contributed by atoms with Gasteiger partial charge in [0.15, 0.2) is 0 Å². The number of carbonyl (C=O) groups is 2. The molecule has 0 aliphatic carbocycles. The van der Waals surface area contributed by atoms with Crippen molar-refractivity contribution in [3.8, 4) is 0 Å². The second-order valence-corrected chi connectivity index (χ2v) is 12.3. The molecule has 0 rings (SSSR count). The van der Waals surface area contributed by atoms with Crippen molar-refractivity contribution in [2.24, 2.45) is 5.73 Å². The van der Waals surface area contributed by atoms with Gasteiger partial charge in [0.1, 0.15) is 6.04 Å². The Bertz CT molecular complexity index is 558. The molecule has 0 aromatic rings. The number of hydrogen-bond acceptors (Lipinski definition) is 3. The third kappa shape index (κ3) is 30.0. The van der Waals surface area contributed by atoms with Crippen LogP contribution < -0.4 is 21.7 Å². The molecule has 0 unspecified atom stereocenters. The molecule has 0 spiro atoms. The van der Waals surface area contributed by atoms with Crippen LogP contribution in [0.1, 0.15) is 187 Å². The molecule has 0 bridgehead atoms. The molecule has 0 aromatic heterocycles. The molecule has 41 heavy (non-hydrogen) atoms. The van der Waals surface area contributed by atoms with E-state index in [0.29, 0.717) is 26.1 Å². The number of nitrogens with two attached hydrogens (primary N) is 1. The standard InChI is InChI=1S/C35H72N4O2/c1-3-5-7-9-11-13-15-16-17-18-20-22-24-28-32-38-35(41)39-33(29-25-26-30-36)34(40)37-31-27-23-21-19-14-12-10-8-6-4-2/h33H,3-32,36H2,1-2H3,(H,37,40)(H2,38,39,41)/t33-/m0/s1. The zero-order valence-electron chi connectivity index (χ0n) is 27.7. The Hall–Kier alpha value is -1.30. The van der Waals surface area contributed by atoms with Gasteiger partial charge in [-0.15, -0.1) is 0 Å². The first-order valence-electron chi connectivity index (χ1n) is 18.2. The van der Waals surface area contributed by atoms with Gasteiger partial charge in [0.25, 0.3) is 0 Å². The summed E-state index contributed by atoms with van der Waals surface area (Å²) in [7, 11) is 0. The molecular formula is C35H72N4O2. The molecule has 6 nitrogen and oxygen atoms in total. The summed E-state index contributed by atoms with van der Waals surface area (Å²) in [5, 5.41) is 8.92. The van der Waals surface area contributed by atoms with Crippen molar-refractivity contribution in [1.29, 1.82) is 0 Å². The average molecular weight is 581 g/mol. The molecule has 0 aliphatic heterocycles. The fraction of sp³-hybridized carbons (Fsp3) is 0.943. The van der Waals surface area contributed by atoms with Crippen LogP contribution in [0.3, 0.4) is 0 Å². The van der Waals surface area contributed by atoms with E-state index in [1.54, 1.807) is 0 Å². The lowest BCUT2D eigenvalue weighted by Gasteiger charge is -2.19. The SMILES string of the molecule is CCCCCCCCCCCCCCCCNC(=O)N[C@@H](CCCCN)C(=O)NCCCCCCCCCCCC. The Balaban J connectivity index is 3.83. The predicted molar refractivity (Wildman–Crippen MR) is 178 cm³/mol. The highest BCUT2D eigenvalue weighted by molar-refractivity contribution is 5.86. The Morgan fingerprint density at radius 2 is 0.854 bits per heavy atom. The van der Waals surface area contributed by atoms with Gasteiger partial charge >= 0.3 is 6.03 Å². The van der Waals surface area contributed by atoms with Crippen LogP contribution in [0.25, 0.3) is 0 Å². The minimum absolute atomic E-state index is 0.0652. The molecule has 0 saturated heterocycles. The molecule has 6 heteroatoms. The quantitative estimate of drug-likeness (QED) is 0.0597. The van der Waals surface area contributed by atoms with Crippen LogP contribution >= 0.6 is 0 Å². The molecular weight excluding hydrogens is 508 g/mol. The van der Waals surface area contributed by atoms with E-state index in [1.807, 2.05) is 0 Å². The van der Waals surface area contributed by atoms with E-state index in [1.165, 1.54) is 128 Å². The first-order chi connectivity index (χ1) is 20.2. The van der Waals surface area contributed by atoms with Crippen LogP contribution in [-0.4, -0.2) is 37.6 Å². The lowest BCUT2D eigenvalue weighted by Crippen LogP contribution is -2.50. The summed E-state index contributed by atoms with van der Waals surface area (Å²) in [6.07, 6.45) is 33.7. The fourth-order valence-electron chi connectivity index (χ4n) is 5.44. The molecule has 0 fully saturated rings. The zero-order valence-corrected chi connectivity index (χ0v) is 27.7. The highest BCUT2D eigenvalue weighted by Gasteiger charge is 2.19. The Morgan fingerprint density at radius 3 is 1.24 bits per heavy atom. The summed E-state index contributed by atoms with van der Waals surface area (Å²) in [5.41, 5.74) is 5.64. The maximum atomic E-state index is 12.8. The fourth-order valence-corrected chi connectivity index (χ4v) is 5.44. The van der Waals surface area contributed by atoms with Crippen LogP contribution in [-0.2, 0) is 4.79 Å². The largest absolute Gasteiger partial charge is 0.354 e. The normalized spacial score (nSPS) is 11.9. The summed E-state index contributed by atoms with van der Waals surface area (Å²) >= 11 is 0. The van der Waals surface area contributed by atoms with Crippen molar-refractivity contribution in [2.75, 3.05) is 19.6 Å². The van der Waals surface area contributed by atoms with E-state index in [4.69, 9.17) is 5.73 Å². The van der Waals surface area contributed by atoms with Crippen LogP contribution in [0.5, 0.6) is 0 Å². The third-order valence-corrected chi connectivity index (χ3v) is 8.21. The van der Waals surface area contributed by atoms with E-state index in [2.05, 4.69) is 29.8 Å². The molecule has 0 saturated carbocycles. The van der Waals surface area contributed by atoms with E-state index >= 15 is 0 Å². The smallest absolute Gasteiger partial charge is 0.315 e. The molecule has 5 N–H and O–H groups in total. The van der Waals surface area contributed by atoms with Crippen molar-refractivity contribution in [3.63, 3.8) is 0 Å². The molecule has 1 atom stereocenters. The van der Waals surface area contributed by atoms with E-state index in [-0.39, 0.29) is 11.9 Å². The topological polar surface area (TPSA) is 96.2 Å².